The average molecular weight is 276 g/mol. The summed E-state index contributed by atoms with van der Waals surface area (Å²) in [6, 6.07) is 9.95. The molecule has 0 aliphatic rings. The number of benzene rings is 1. The van der Waals surface area contributed by atoms with Crippen LogP contribution in [0.15, 0.2) is 42.5 Å². The van der Waals surface area contributed by atoms with E-state index in [9.17, 15) is 9.59 Å². The molecule has 0 aliphatic carbocycles. The van der Waals surface area contributed by atoms with E-state index in [4.69, 9.17) is 0 Å². The van der Waals surface area contributed by atoms with E-state index in [0.717, 1.165) is 5.56 Å². The molecule has 0 saturated heterocycles. The molecule has 1 aromatic carbocycles. The highest BCUT2D eigenvalue weighted by Gasteiger charge is 2.05. The fraction of sp³-hybridized carbons (Fsp3) is 0.333. The van der Waals surface area contributed by atoms with Gasteiger partial charge in [0.05, 0.1) is 13.7 Å². The predicted molar refractivity (Wildman–Crippen MR) is 76.9 cm³/mol. The number of likely N-dealkylation sites (N-methyl/N-ethyl adjacent to an activating group) is 1. The third kappa shape index (κ3) is 6.70. The van der Waals surface area contributed by atoms with Crippen LogP contribution in [0, 0.1) is 0 Å². The second-order valence-corrected chi connectivity index (χ2v) is 4.39. The van der Waals surface area contributed by atoms with Crippen LogP contribution in [0.4, 0.5) is 0 Å². The first-order valence-electron chi connectivity index (χ1n) is 6.35. The summed E-state index contributed by atoms with van der Waals surface area (Å²) in [5.41, 5.74) is 1.16. The minimum absolute atomic E-state index is 0.0852. The molecule has 0 radical (unpaired) electrons. The molecule has 0 heterocycles. The normalized spacial score (nSPS) is 10.8. The van der Waals surface area contributed by atoms with Crippen LogP contribution < -0.4 is 5.32 Å². The van der Waals surface area contributed by atoms with Gasteiger partial charge in [0.2, 0.25) is 5.91 Å². The molecule has 108 valence electrons. The minimum Gasteiger partial charge on any atom is -0.466 e. The molecular weight excluding hydrogens is 256 g/mol. The van der Waals surface area contributed by atoms with Crippen molar-refractivity contribution >= 4 is 11.9 Å². The number of nitrogens with zero attached hydrogens (tertiary/aromatic N) is 1. The Morgan fingerprint density at radius 1 is 1.30 bits per heavy atom. The van der Waals surface area contributed by atoms with Gasteiger partial charge < -0.3 is 10.1 Å². The van der Waals surface area contributed by atoms with Crippen LogP contribution in [0.5, 0.6) is 0 Å². The second kappa shape index (κ2) is 8.87. The van der Waals surface area contributed by atoms with Gasteiger partial charge >= 0.3 is 5.97 Å². The zero-order valence-electron chi connectivity index (χ0n) is 11.8. The number of hydrogen-bond acceptors (Lipinski definition) is 4. The molecule has 5 heteroatoms. The Bertz CT molecular complexity index is 457. The lowest BCUT2D eigenvalue weighted by Gasteiger charge is -2.15. The lowest BCUT2D eigenvalue weighted by atomic mass is 10.2. The Balaban J connectivity index is 2.25. The first-order chi connectivity index (χ1) is 9.61. The smallest absolute Gasteiger partial charge is 0.330 e. The summed E-state index contributed by atoms with van der Waals surface area (Å²) >= 11 is 0. The van der Waals surface area contributed by atoms with Crippen molar-refractivity contribution in [2.45, 2.75) is 6.54 Å². The maximum absolute atomic E-state index is 11.7. The highest BCUT2D eigenvalue weighted by Crippen LogP contribution is 2.01. The molecule has 0 saturated carbocycles. The number of rotatable bonds is 7. The van der Waals surface area contributed by atoms with Gasteiger partial charge in [-0.2, -0.15) is 0 Å². The monoisotopic (exact) mass is 276 g/mol. The molecule has 1 rings (SSSR count). The number of amides is 1. The van der Waals surface area contributed by atoms with Crippen LogP contribution >= 0.6 is 0 Å². The Morgan fingerprint density at radius 2 is 2.00 bits per heavy atom. The molecule has 0 atom stereocenters. The first kappa shape index (κ1) is 15.9. The van der Waals surface area contributed by atoms with Gasteiger partial charge in [-0.1, -0.05) is 36.4 Å². The van der Waals surface area contributed by atoms with Crippen LogP contribution in [-0.2, 0) is 20.9 Å². The standard InChI is InChI=1S/C15H20N2O3/c1-17(11-13-7-4-3-5-8-13)12-14(18)16-10-6-9-15(19)20-2/h3-9H,10-12H2,1-2H3,(H,16,18)/b9-6+. The maximum Gasteiger partial charge on any atom is 0.330 e. The molecule has 0 bridgehead atoms. The van der Waals surface area contributed by atoms with Crippen LogP contribution in [-0.4, -0.2) is 44.0 Å². The molecule has 0 unspecified atom stereocenters. The SMILES string of the molecule is COC(=O)/C=C/CNC(=O)CN(C)Cc1ccccc1. The fourth-order valence-electron chi connectivity index (χ4n) is 1.65. The summed E-state index contributed by atoms with van der Waals surface area (Å²) in [4.78, 5) is 24.4. The van der Waals surface area contributed by atoms with Crippen molar-refractivity contribution in [3.8, 4) is 0 Å². The summed E-state index contributed by atoms with van der Waals surface area (Å²) in [6.45, 7) is 1.33. The molecule has 5 nitrogen and oxygen atoms in total. The number of carbonyl (C=O) groups is 2. The minimum atomic E-state index is -0.430. The van der Waals surface area contributed by atoms with Gasteiger partial charge in [-0.05, 0) is 12.6 Å². The number of methoxy groups -OCH3 is 1. The third-order valence-electron chi connectivity index (χ3n) is 2.58. The Hall–Kier alpha value is -2.14. The molecule has 0 aliphatic heterocycles. The van der Waals surface area contributed by atoms with Gasteiger partial charge in [0.1, 0.15) is 0 Å². The van der Waals surface area contributed by atoms with Crippen molar-refractivity contribution < 1.29 is 14.3 Å². The van der Waals surface area contributed by atoms with Crippen LogP contribution in [0.25, 0.3) is 0 Å². The van der Waals surface area contributed by atoms with Crippen molar-refractivity contribution in [2.75, 3.05) is 27.2 Å². The van der Waals surface area contributed by atoms with Crippen LogP contribution in [0.1, 0.15) is 5.56 Å². The quantitative estimate of drug-likeness (QED) is 0.595. The van der Waals surface area contributed by atoms with Crippen molar-refractivity contribution in [3.63, 3.8) is 0 Å². The third-order valence-corrected chi connectivity index (χ3v) is 2.58. The van der Waals surface area contributed by atoms with Crippen molar-refractivity contribution in [2.24, 2.45) is 0 Å². The van der Waals surface area contributed by atoms with Gasteiger partial charge in [-0.15, -0.1) is 0 Å². The van der Waals surface area contributed by atoms with E-state index in [2.05, 4.69) is 10.1 Å². The van der Waals surface area contributed by atoms with E-state index in [1.165, 1.54) is 13.2 Å². The largest absolute Gasteiger partial charge is 0.466 e. The van der Waals surface area contributed by atoms with E-state index in [0.29, 0.717) is 19.6 Å². The molecule has 0 aromatic heterocycles. The average Bonchev–Trinajstić information content (AvgIpc) is 2.44. The summed E-state index contributed by atoms with van der Waals surface area (Å²) in [6.07, 6.45) is 2.84. The lowest BCUT2D eigenvalue weighted by Crippen LogP contribution is -2.34. The van der Waals surface area contributed by atoms with E-state index in [-0.39, 0.29) is 5.91 Å². The highest BCUT2D eigenvalue weighted by atomic mass is 16.5. The predicted octanol–water partition coefficient (Wildman–Crippen LogP) is 0.964. The fourth-order valence-corrected chi connectivity index (χ4v) is 1.65. The summed E-state index contributed by atoms with van der Waals surface area (Å²) < 4.78 is 4.44. The second-order valence-electron chi connectivity index (χ2n) is 4.39. The molecule has 0 fully saturated rings. The van der Waals surface area contributed by atoms with E-state index < -0.39 is 5.97 Å². The molecular formula is C15H20N2O3. The van der Waals surface area contributed by atoms with Crippen molar-refractivity contribution in [1.82, 2.24) is 10.2 Å². The Labute approximate surface area is 119 Å². The zero-order chi connectivity index (χ0) is 14.8. The number of esters is 1. The molecule has 1 aromatic rings. The van der Waals surface area contributed by atoms with E-state index >= 15 is 0 Å². The maximum atomic E-state index is 11.7. The number of nitrogens with one attached hydrogen (secondary N) is 1. The summed E-state index contributed by atoms with van der Waals surface area (Å²) in [5.74, 6) is -0.515. The van der Waals surface area contributed by atoms with Gasteiger partial charge in [-0.3, -0.25) is 9.69 Å². The molecule has 1 amide bonds. The van der Waals surface area contributed by atoms with Gasteiger partial charge in [0.15, 0.2) is 0 Å². The molecule has 20 heavy (non-hydrogen) atoms. The first-order valence-corrected chi connectivity index (χ1v) is 6.35. The van der Waals surface area contributed by atoms with Crippen molar-refractivity contribution in [1.29, 1.82) is 0 Å². The van der Waals surface area contributed by atoms with Gasteiger partial charge in [-0.25, -0.2) is 4.79 Å². The number of ether oxygens (including phenoxy) is 1. The highest BCUT2D eigenvalue weighted by molar-refractivity contribution is 5.82. The van der Waals surface area contributed by atoms with Gasteiger partial charge in [0, 0.05) is 19.2 Å². The van der Waals surface area contributed by atoms with Crippen LogP contribution in [0.2, 0.25) is 0 Å². The molecule has 0 spiro atoms. The van der Waals surface area contributed by atoms with E-state index in [1.807, 2.05) is 42.3 Å². The van der Waals surface area contributed by atoms with Crippen molar-refractivity contribution in [3.05, 3.63) is 48.0 Å². The topological polar surface area (TPSA) is 58.6 Å². The summed E-state index contributed by atoms with van der Waals surface area (Å²) in [5, 5.41) is 2.70. The lowest BCUT2D eigenvalue weighted by molar-refractivity contribution is -0.134. The Kier molecular flexibility index (Phi) is 7.06. The molecule has 1 N–H and O–H groups in total. The van der Waals surface area contributed by atoms with Gasteiger partial charge in [0.25, 0.3) is 0 Å². The summed E-state index contributed by atoms with van der Waals surface area (Å²) in [7, 11) is 3.20. The van der Waals surface area contributed by atoms with Crippen LogP contribution in [0.3, 0.4) is 0 Å². The Morgan fingerprint density at radius 3 is 2.65 bits per heavy atom. The van der Waals surface area contributed by atoms with E-state index in [1.54, 1.807) is 6.08 Å². The zero-order valence-corrected chi connectivity index (χ0v) is 11.8. The number of hydrogen-bond donors (Lipinski definition) is 1. The number of carbonyl (C=O) groups excluding carboxylic acids is 2.